The Kier molecular flexibility index (Phi) is 3.45. The van der Waals surface area contributed by atoms with Crippen molar-refractivity contribution in [3.05, 3.63) is 10.4 Å². The van der Waals surface area contributed by atoms with E-state index in [1.165, 1.54) is 6.92 Å². The van der Waals surface area contributed by atoms with Crippen molar-refractivity contribution in [2.45, 2.75) is 51.1 Å². The van der Waals surface area contributed by atoms with Crippen LogP contribution in [0.4, 0.5) is 0 Å². The van der Waals surface area contributed by atoms with Gasteiger partial charge in [-0.1, -0.05) is 5.11 Å². The van der Waals surface area contributed by atoms with Gasteiger partial charge in [-0.3, -0.25) is 4.79 Å². The Balaban J connectivity index is 2.09. The average Bonchev–Trinajstić information content (AvgIpc) is 2.71. The van der Waals surface area contributed by atoms with Crippen LogP contribution in [0.3, 0.4) is 0 Å². The van der Waals surface area contributed by atoms with Crippen LogP contribution in [-0.2, 0) is 23.7 Å². The zero-order valence-electron chi connectivity index (χ0n) is 10.4. The Morgan fingerprint density at radius 3 is 2.72 bits per heavy atom. The fourth-order valence-corrected chi connectivity index (χ4v) is 2.14. The molecule has 0 unspecified atom stereocenters. The number of esters is 1. The van der Waals surface area contributed by atoms with Crippen molar-refractivity contribution in [2.24, 2.45) is 5.11 Å². The van der Waals surface area contributed by atoms with E-state index in [9.17, 15) is 4.79 Å². The molecule has 2 aliphatic rings. The van der Waals surface area contributed by atoms with Crippen LogP contribution < -0.4 is 0 Å². The second-order valence-electron chi connectivity index (χ2n) is 4.64. The number of rotatable bonds is 3. The predicted octanol–water partition coefficient (Wildman–Crippen LogP) is 1.10. The fraction of sp³-hybridized carbons (Fsp3) is 0.900. The Bertz CT molecular complexity index is 393. The van der Waals surface area contributed by atoms with Crippen LogP contribution in [0.1, 0.15) is 20.8 Å². The number of hydrogen-bond acceptors (Lipinski definition) is 6. The largest absolute Gasteiger partial charge is 0.463 e. The highest BCUT2D eigenvalue weighted by Gasteiger charge is 2.55. The molecule has 8 nitrogen and oxygen atoms in total. The molecule has 2 saturated heterocycles. The van der Waals surface area contributed by atoms with Gasteiger partial charge in [0.1, 0.15) is 24.9 Å². The second kappa shape index (κ2) is 4.74. The Labute approximate surface area is 104 Å². The molecule has 0 amide bonds. The van der Waals surface area contributed by atoms with Gasteiger partial charge in [-0.05, 0) is 19.4 Å². The maximum Gasteiger partial charge on any atom is 0.302 e. The lowest BCUT2D eigenvalue weighted by Crippen LogP contribution is -2.33. The first-order valence-electron chi connectivity index (χ1n) is 5.61. The number of nitrogens with zero attached hydrogens (tertiary/aromatic N) is 3. The molecule has 4 atom stereocenters. The lowest BCUT2D eigenvalue weighted by atomic mass is 10.1. The number of ether oxygens (including phenoxy) is 4. The van der Waals surface area contributed by atoms with Gasteiger partial charge in [-0.2, -0.15) is 0 Å². The van der Waals surface area contributed by atoms with E-state index in [4.69, 9.17) is 24.5 Å². The first-order valence-corrected chi connectivity index (χ1v) is 5.61. The summed E-state index contributed by atoms with van der Waals surface area (Å²) in [5.74, 6) is -1.17. The SMILES string of the molecule is CC(=O)OC[C@H]1O[C@@H](N=[N+]=[N-])[C@@H]2OC(C)(C)O[C@@H]21. The Morgan fingerprint density at radius 1 is 1.44 bits per heavy atom. The Hall–Kier alpha value is -1.34. The standard InChI is InChI=1S/C10H15N3O5/c1-5(14)15-4-6-7-8(9(16-6)12-13-11)18-10(2,3)17-7/h6-9H,4H2,1-3H3/t6-,7-,8-,9-/m1/s1. The summed E-state index contributed by atoms with van der Waals surface area (Å²) in [6.07, 6.45) is -2.13. The van der Waals surface area contributed by atoms with Crippen molar-refractivity contribution in [1.82, 2.24) is 0 Å². The molecule has 0 aromatic carbocycles. The summed E-state index contributed by atoms with van der Waals surface area (Å²) in [6, 6.07) is 0. The third-order valence-electron chi connectivity index (χ3n) is 2.74. The maximum absolute atomic E-state index is 10.8. The molecule has 0 aliphatic carbocycles. The maximum atomic E-state index is 10.8. The first kappa shape index (κ1) is 13.1. The summed E-state index contributed by atoms with van der Waals surface area (Å²) in [5, 5.41) is 3.52. The molecule has 2 heterocycles. The summed E-state index contributed by atoms with van der Waals surface area (Å²) in [4.78, 5) is 13.5. The molecule has 0 radical (unpaired) electrons. The lowest BCUT2D eigenvalue weighted by molar-refractivity contribution is -0.191. The topological polar surface area (TPSA) is 103 Å². The average molecular weight is 257 g/mol. The summed E-state index contributed by atoms with van der Waals surface area (Å²) in [7, 11) is 0. The second-order valence-corrected chi connectivity index (χ2v) is 4.64. The van der Waals surface area contributed by atoms with Gasteiger partial charge in [0.15, 0.2) is 12.0 Å². The van der Waals surface area contributed by atoms with E-state index in [0.717, 1.165) is 0 Å². The van der Waals surface area contributed by atoms with Crippen molar-refractivity contribution in [2.75, 3.05) is 6.61 Å². The number of hydrogen-bond donors (Lipinski definition) is 0. The minimum atomic E-state index is -0.767. The van der Waals surface area contributed by atoms with Gasteiger partial charge in [0.2, 0.25) is 0 Å². The molecule has 0 saturated carbocycles. The predicted molar refractivity (Wildman–Crippen MR) is 58.3 cm³/mol. The van der Waals surface area contributed by atoms with Crippen LogP contribution in [0.2, 0.25) is 0 Å². The zero-order valence-corrected chi connectivity index (χ0v) is 10.4. The van der Waals surface area contributed by atoms with Crippen LogP contribution in [0, 0.1) is 0 Å². The van der Waals surface area contributed by atoms with Gasteiger partial charge in [-0.25, -0.2) is 0 Å². The molecule has 0 spiro atoms. The summed E-state index contributed by atoms with van der Waals surface area (Å²) in [5.41, 5.74) is 8.48. The molecule has 8 heteroatoms. The molecule has 0 N–H and O–H groups in total. The monoisotopic (exact) mass is 257 g/mol. The zero-order chi connectivity index (χ0) is 13.3. The van der Waals surface area contributed by atoms with E-state index in [-0.39, 0.29) is 6.61 Å². The number of carbonyl (C=O) groups is 1. The summed E-state index contributed by atoms with van der Waals surface area (Å²) in [6.45, 7) is 4.89. The minimum absolute atomic E-state index is 0.0490. The van der Waals surface area contributed by atoms with Crippen LogP contribution in [0.15, 0.2) is 5.11 Å². The van der Waals surface area contributed by atoms with Crippen molar-refractivity contribution < 1.29 is 23.7 Å². The van der Waals surface area contributed by atoms with Crippen LogP contribution in [0.25, 0.3) is 10.4 Å². The number of azide groups is 1. The van der Waals surface area contributed by atoms with E-state index in [1.54, 1.807) is 13.8 Å². The summed E-state index contributed by atoms with van der Waals surface area (Å²) >= 11 is 0. The molecule has 18 heavy (non-hydrogen) atoms. The van der Waals surface area contributed by atoms with E-state index in [1.807, 2.05) is 0 Å². The van der Waals surface area contributed by atoms with Gasteiger partial charge in [0, 0.05) is 11.8 Å². The van der Waals surface area contributed by atoms with Gasteiger partial charge in [-0.15, -0.1) is 0 Å². The van der Waals surface area contributed by atoms with Crippen molar-refractivity contribution >= 4 is 5.97 Å². The van der Waals surface area contributed by atoms with Crippen molar-refractivity contribution in [3.63, 3.8) is 0 Å². The smallest absolute Gasteiger partial charge is 0.302 e. The molecule has 0 aromatic rings. The third-order valence-corrected chi connectivity index (χ3v) is 2.74. The molecule has 2 aliphatic heterocycles. The van der Waals surface area contributed by atoms with Crippen molar-refractivity contribution in [1.29, 1.82) is 0 Å². The molecular weight excluding hydrogens is 242 g/mol. The normalized spacial score (nSPS) is 36.8. The van der Waals surface area contributed by atoms with Gasteiger partial charge >= 0.3 is 5.97 Å². The van der Waals surface area contributed by atoms with Crippen LogP contribution in [0.5, 0.6) is 0 Å². The Morgan fingerprint density at radius 2 is 2.11 bits per heavy atom. The molecule has 2 fully saturated rings. The highest BCUT2D eigenvalue weighted by Crippen LogP contribution is 2.39. The van der Waals surface area contributed by atoms with Crippen LogP contribution >= 0.6 is 0 Å². The summed E-state index contributed by atoms with van der Waals surface area (Å²) < 4.78 is 21.7. The fourth-order valence-electron chi connectivity index (χ4n) is 2.14. The third kappa shape index (κ3) is 2.56. The number of fused-ring (bicyclic) bond motifs is 1. The quantitative estimate of drug-likeness (QED) is 0.326. The molecule has 2 rings (SSSR count). The molecule has 100 valence electrons. The van der Waals surface area contributed by atoms with Gasteiger partial charge in [0.05, 0.1) is 0 Å². The van der Waals surface area contributed by atoms with E-state index < -0.39 is 36.3 Å². The molecule has 0 bridgehead atoms. The van der Waals surface area contributed by atoms with E-state index >= 15 is 0 Å². The van der Waals surface area contributed by atoms with E-state index in [0.29, 0.717) is 0 Å². The highest BCUT2D eigenvalue weighted by atomic mass is 16.8. The van der Waals surface area contributed by atoms with Gasteiger partial charge in [0.25, 0.3) is 0 Å². The first-order chi connectivity index (χ1) is 8.43. The number of carbonyl (C=O) groups excluding carboxylic acids is 1. The van der Waals surface area contributed by atoms with E-state index in [2.05, 4.69) is 10.0 Å². The highest BCUT2D eigenvalue weighted by molar-refractivity contribution is 5.65. The molecule has 0 aromatic heterocycles. The van der Waals surface area contributed by atoms with Crippen LogP contribution in [-0.4, -0.2) is 42.9 Å². The lowest BCUT2D eigenvalue weighted by Gasteiger charge is -2.22. The van der Waals surface area contributed by atoms with Crippen molar-refractivity contribution in [3.8, 4) is 0 Å². The molecular formula is C10H15N3O5. The minimum Gasteiger partial charge on any atom is -0.463 e. The van der Waals surface area contributed by atoms with Gasteiger partial charge < -0.3 is 18.9 Å².